The molecule has 258 valence electrons. The van der Waals surface area contributed by atoms with E-state index < -0.39 is 0 Å². The summed E-state index contributed by atoms with van der Waals surface area (Å²) >= 11 is 0. The van der Waals surface area contributed by atoms with E-state index in [1.165, 1.54) is 22.3 Å². The summed E-state index contributed by atoms with van der Waals surface area (Å²) in [7, 11) is 0. The lowest BCUT2D eigenvalue weighted by Crippen LogP contribution is -2.18. The molecule has 0 bridgehead atoms. The Balaban J connectivity index is 1.84. The fourth-order valence-electron chi connectivity index (χ4n) is 6.40. The second-order valence-electron chi connectivity index (χ2n) is 17.5. The summed E-state index contributed by atoms with van der Waals surface area (Å²) in [6.07, 6.45) is 0. The second-order valence-corrected chi connectivity index (χ2v) is 17.5. The average Bonchev–Trinajstić information content (AvgIpc) is 3.05. The van der Waals surface area contributed by atoms with Crippen LogP contribution in [0.15, 0.2) is 125 Å². The minimum atomic E-state index is -0.102. The highest BCUT2D eigenvalue weighted by Gasteiger charge is 2.28. The summed E-state index contributed by atoms with van der Waals surface area (Å²) in [5.41, 5.74) is 11.8. The molecular formula is C47H55N3. The summed E-state index contributed by atoms with van der Waals surface area (Å²) < 4.78 is 0. The molecule has 0 saturated heterocycles. The first kappa shape index (κ1) is 36.6. The van der Waals surface area contributed by atoms with Gasteiger partial charge in [-0.3, -0.25) is 0 Å². The Labute approximate surface area is 301 Å². The van der Waals surface area contributed by atoms with Gasteiger partial charge in [0.2, 0.25) is 0 Å². The predicted molar refractivity (Wildman–Crippen MR) is 215 cm³/mol. The third kappa shape index (κ3) is 8.21. The number of para-hydroxylation sites is 2. The SMILES string of the molecule is CC(C)(C)c1cccc(C(C)(C)C)c1N=C(c1ccccc1)c1cccc(C(=Nc2c(C(C)(C)C)cccc2C(C)(C)C)c2ccccc2)n1. The van der Waals surface area contributed by atoms with E-state index in [0.717, 1.165) is 45.3 Å². The van der Waals surface area contributed by atoms with Crippen LogP contribution >= 0.6 is 0 Å². The van der Waals surface area contributed by atoms with Gasteiger partial charge in [-0.2, -0.15) is 0 Å². The molecule has 0 N–H and O–H groups in total. The van der Waals surface area contributed by atoms with Crippen LogP contribution in [0.25, 0.3) is 0 Å². The zero-order valence-electron chi connectivity index (χ0n) is 32.3. The lowest BCUT2D eigenvalue weighted by Gasteiger charge is -2.28. The molecule has 0 fully saturated rings. The maximum Gasteiger partial charge on any atom is 0.0966 e. The monoisotopic (exact) mass is 661 g/mol. The van der Waals surface area contributed by atoms with Gasteiger partial charge in [-0.25, -0.2) is 15.0 Å². The largest absolute Gasteiger partial charge is 0.246 e. The first-order valence-corrected chi connectivity index (χ1v) is 17.9. The topological polar surface area (TPSA) is 37.6 Å². The lowest BCUT2D eigenvalue weighted by molar-refractivity contribution is 0.570. The quantitative estimate of drug-likeness (QED) is 0.167. The Morgan fingerprint density at radius 3 is 0.920 bits per heavy atom. The summed E-state index contributed by atoms with van der Waals surface area (Å²) in [5, 5.41) is 0. The van der Waals surface area contributed by atoms with Crippen LogP contribution in [0.1, 0.15) is 128 Å². The average molecular weight is 662 g/mol. The van der Waals surface area contributed by atoms with Crippen LogP contribution in [0.3, 0.4) is 0 Å². The zero-order chi connectivity index (χ0) is 36.5. The Morgan fingerprint density at radius 1 is 0.360 bits per heavy atom. The van der Waals surface area contributed by atoms with Gasteiger partial charge >= 0.3 is 0 Å². The number of pyridine rings is 1. The molecule has 1 heterocycles. The highest BCUT2D eigenvalue weighted by molar-refractivity contribution is 6.16. The molecule has 0 aliphatic rings. The van der Waals surface area contributed by atoms with Crippen molar-refractivity contribution in [1.29, 1.82) is 0 Å². The summed E-state index contributed by atoms with van der Waals surface area (Å²) in [5.74, 6) is 0. The van der Waals surface area contributed by atoms with Crippen molar-refractivity contribution in [2.45, 2.75) is 105 Å². The van der Waals surface area contributed by atoms with Crippen molar-refractivity contribution in [3.8, 4) is 0 Å². The van der Waals surface area contributed by atoms with Gasteiger partial charge in [0.05, 0.1) is 34.2 Å². The lowest BCUT2D eigenvalue weighted by atomic mass is 9.79. The van der Waals surface area contributed by atoms with E-state index in [1.54, 1.807) is 0 Å². The number of nitrogens with zero attached hydrogens (tertiary/aromatic N) is 3. The van der Waals surface area contributed by atoms with Crippen LogP contribution in [0.5, 0.6) is 0 Å². The molecule has 1 aromatic heterocycles. The van der Waals surface area contributed by atoms with Crippen LogP contribution in [0.2, 0.25) is 0 Å². The van der Waals surface area contributed by atoms with Gasteiger partial charge in [-0.05, 0) is 56.0 Å². The molecule has 5 aromatic rings. The smallest absolute Gasteiger partial charge is 0.0966 e. The highest BCUT2D eigenvalue weighted by Crippen LogP contribution is 2.42. The van der Waals surface area contributed by atoms with Gasteiger partial charge in [0.1, 0.15) is 0 Å². The van der Waals surface area contributed by atoms with E-state index in [-0.39, 0.29) is 21.7 Å². The predicted octanol–water partition coefficient (Wildman–Crippen LogP) is 12.6. The van der Waals surface area contributed by atoms with E-state index in [2.05, 4.69) is 186 Å². The molecule has 3 nitrogen and oxygen atoms in total. The highest BCUT2D eigenvalue weighted by atomic mass is 14.9. The molecule has 0 saturated carbocycles. The van der Waals surface area contributed by atoms with E-state index >= 15 is 0 Å². The molecule has 0 spiro atoms. The van der Waals surface area contributed by atoms with Gasteiger partial charge in [-0.1, -0.05) is 186 Å². The number of hydrogen-bond acceptors (Lipinski definition) is 3. The molecule has 0 radical (unpaired) electrons. The number of aliphatic imine (C=N–C) groups is 2. The number of rotatable bonds is 6. The van der Waals surface area contributed by atoms with Gasteiger partial charge in [0, 0.05) is 11.1 Å². The van der Waals surface area contributed by atoms with E-state index in [4.69, 9.17) is 15.0 Å². The first-order valence-electron chi connectivity index (χ1n) is 17.9. The van der Waals surface area contributed by atoms with Crippen LogP contribution in [-0.4, -0.2) is 16.4 Å². The summed E-state index contributed by atoms with van der Waals surface area (Å²) in [6, 6.07) is 40.4. The molecule has 0 aliphatic carbocycles. The van der Waals surface area contributed by atoms with Crippen LogP contribution in [-0.2, 0) is 21.7 Å². The van der Waals surface area contributed by atoms with E-state index in [1.807, 2.05) is 12.1 Å². The van der Waals surface area contributed by atoms with Gasteiger partial charge in [-0.15, -0.1) is 0 Å². The Kier molecular flexibility index (Phi) is 10.2. The van der Waals surface area contributed by atoms with Crippen molar-refractivity contribution in [3.63, 3.8) is 0 Å². The third-order valence-electron chi connectivity index (χ3n) is 9.08. The third-order valence-corrected chi connectivity index (χ3v) is 9.08. The molecule has 0 aliphatic heterocycles. The van der Waals surface area contributed by atoms with Gasteiger partial charge < -0.3 is 0 Å². The van der Waals surface area contributed by atoms with E-state index in [9.17, 15) is 0 Å². The van der Waals surface area contributed by atoms with E-state index in [0.29, 0.717) is 0 Å². The number of aromatic nitrogens is 1. The van der Waals surface area contributed by atoms with Crippen molar-refractivity contribution in [3.05, 3.63) is 160 Å². The first-order chi connectivity index (χ1) is 23.4. The van der Waals surface area contributed by atoms with Crippen molar-refractivity contribution >= 4 is 22.8 Å². The Hall–Kier alpha value is -4.63. The number of benzene rings is 4. The number of hydrogen-bond donors (Lipinski definition) is 0. The fraction of sp³-hybridized carbons (Fsp3) is 0.340. The molecule has 0 atom stereocenters. The zero-order valence-corrected chi connectivity index (χ0v) is 32.3. The second kappa shape index (κ2) is 13.9. The standard InChI is InChI=1S/C47H55N3/c1-44(2,3)34-26-19-27-35(45(4,5)6)42(34)49-40(32-22-15-13-16-23-32)38-30-21-31-39(48-38)41(33-24-17-14-18-25-33)50-43-36(46(7,8)9)28-20-29-37(43)47(10,11)12/h13-31H,1-12H3. The molecule has 50 heavy (non-hydrogen) atoms. The molecule has 3 heteroatoms. The van der Waals surface area contributed by atoms with Crippen LogP contribution < -0.4 is 0 Å². The summed E-state index contributed by atoms with van der Waals surface area (Å²) in [4.78, 5) is 16.6. The fourth-order valence-corrected chi connectivity index (χ4v) is 6.40. The molecule has 5 rings (SSSR count). The van der Waals surface area contributed by atoms with Crippen molar-refractivity contribution in [2.24, 2.45) is 9.98 Å². The van der Waals surface area contributed by atoms with Crippen molar-refractivity contribution in [2.75, 3.05) is 0 Å². The van der Waals surface area contributed by atoms with Gasteiger partial charge in [0.15, 0.2) is 0 Å². The maximum atomic E-state index is 5.60. The maximum absolute atomic E-state index is 5.60. The van der Waals surface area contributed by atoms with Crippen LogP contribution in [0, 0.1) is 0 Å². The molecule has 0 amide bonds. The van der Waals surface area contributed by atoms with Gasteiger partial charge in [0.25, 0.3) is 0 Å². The van der Waals surface area contributed by atoms with Crippen molar-refractivity contribution in [1.82, 2.24) is 4.98 Å². The molecular weight excluding hydrogens is 607 g/mol. The van der Waals surface area contributed by atoms with Crippen molar-refractivity contribution < 1.29 is 0 Å². The Morgan fingerprint density at radius 2 is 0.640 bits per heavy atom. The molecule has 4 aromatic carbocycles. The normalized spacial score (nSPS) is 13.4. The Bertz CT molecular complexity index is 1800. The molecule has 0 unspecified atom stereocenters. The minimum Gasteiger partial charge on any atom is -0.246 e. The minimum absolute atomic E-state index is 0.102. The summed E-state index contributed by atoms with van der Waals surface area (Å²) in [6.45, 7) is 27.2. The van der Waals surface area contributed by atoms with Crippen LogP contribution in [0.4, 0.5) is 11.4 Å².